The van der Waals surface area contributed by atoms with Gasteiger partial charge in [-0.2, -0.15) is 0 Å². The molecule has 0 heterocycles. The molecule has 2 atom stereocenters. The van der Waals surface area contributed by atoms with Crippen LogP contribution < -0.4 is 10.6 Å². The van der Waals surface area contributed by atoms with Crippen molar-refractivity contribution in [3.05, 3.63) is 0 Å². The van der Waals surface area contributed by atoms with Crippen LogP contribution in [0.4, 0.5) is 0 Å². The summed E-state index contributed by atoms with van der Waals surface area (Å²) in [6.45, 7) is 2.04. The lowest BCUT2D eigenvalue weighted by Gasteiger charge is -2.46. The lowest BCUT2D eigenvalue weighted by atomic mass is 9.55. The Bertz CT molecular complexity index is 491. The minimum Gasteiger partial charge on any atom is -0.481 e. The molecule has 0 bridgehead atoms. The van der Waals surface area contributed by atoms with Crippen molar-refractivity contribution < 1.29 is 29.4 Å². The van der Waals surface area contributed by atoms with Crippen molar-refractivity contribution in [3.8, 4) is 0 Å². The average Bonchev–Trinajstić information content (AvgIpc) is 2.34. The van der Waals surface area contributed by atoms with Gasteiger partial charge in [0.1, 0.15) is 0 Å². The maximum Gasteiger partial charge on any atom is 0.308 e. The number of nitrogens with one attached hydrogen (secondary N) is 2. The summed E-state index contributed by atoms with van der Waals surface area (Å²) in [4.78, 5) is 46.7. The Kier molecular flexibility index (Phi) is 4.39. The molecular weight excluding hydrogens is 292 g/mol. The molecule has 122 valence electrons. The van der Waals surface area contributed by atoms with Crippen LogP contribution in [-0.4, -0.2) is 47.1 Å². The second-order valence-corrected chi connectivity index (χ2v) is 6.18. The number of carbonyl (C=O) groups excluding carboxylic acids is 2. The maximum absolute atomic E-state index is 12.3. The summed E-state index contributed by atoms with van der Waals surface area (Å²) in [5, 5.41) is 23.5. The molecule has 2 rings (SSSR count). The minimum atomic E-state index is -1.33. The largest absolute Gasteiger partial charge is 0.481 e. The summed E-state index contributed by atoms with van der Waals surface area (Å²) in [7, 11) is 1.31. The van der Waals surface area contributed by atoms with E-state index in [1.54, 1.807) is 0 Å². The van der Waals surface area contributed by atoms with Gasteiger partial charge >= 0.3 is 11.9 Å². The van der Waals surface area contributed by atoms with E-state index in [1.807, 2.05) is 6.92 Å². The third-order valence-electron chi connectivity index (χ3n) is 4.69. The zero-order valence-corrected chi connectivity index (χ0v) is 12.4. The highest BCUT2D eigenvalue weighted by Crippen LogP contribution is 2.47. The first-order valence-electron chi connectivity index (χ1n) is 7.25. The molecule has 2 unspecified atom stereocenters. The molecule has 0 aliphatic heterocycles. The zero-order chi connectivity index (χ0) is 16.6. The summed E-state index contributed by atoms with van der Waals surface area (Å²) in [6.07, 6.45) is 1.60. The molecule has 0 aromatic carbocycles. The molecule has 2 fully saturated rings. The Labute approximate surface area is 127 Å². The van der Waals surface area contributed by atoms with Gasteiger partial charge in [0.2, 0.25) is 11.8 Å². The molecular formula is C14H20N2O6. The summed E-state index contributed by atoms with van der Waals surface area (Å²) in [5.41, 5.74) is 0. The predicted molar refractivity (Wildman–Crippen MR) is 73.6 cm³/mol. The standard InChI is InChI=1S/C14H20N2O6/c1-5-3-6(4-5)16-12(18)8-9(13(19)20)7(11(17)15-2)10(8)14(21)22/h5-10H,3-4H2,1-2H3,(H,15,17)(H,16,18)(H,19,20)(H,21,22). The fourth-order valence-corrected chi connectivity index (χ4v) is 3.50. The number of carbonyl (C=O) groups is 4. The molecule has 0 aromatic rings. The van der Waals surface area contributed by atoms with Crippen LogP contribution in [0.2, 0.25) is 0 Å². The number of aliphatic carboxylic acids is 2. The molecule has 22 heavy (non-hydrogen) atoms. The Hall–Kier alpha value is -2.12. The normalized spacial score (nSPS) is 36.5. The van der Waals surface area contributed by atoms with E-state index in [9.17, 15) is 29.4 Å². The Morgan fingerprint density at radius 1 is 0.864 bits per heavy atom. The number of rotatable bonds is 5. The molecule has 2 aliphatic carbocycles. The Morgan fingerprint density at radius 2 is 1.32 bits per heavy atom. The first-order valence-corrected chi connectivity index (χ1v) is 7.25. The van der Waals surface area contributed by atoms with Gasteiger partial charge in [0.05, 0.1) is 23.7 Å². The van der Waals surface area contributed by atoms with Gasteiger partial charge in [0, 0.05) is 13.1 Å². The third kappa shape index (κ3) is 2.65. The van der Waals surface area contributed by atoms with Gasteiger partial charge in [-0.3, -0.25) is 19.2 Å². The number of hydrogen-bond donors (Lipinski definition) is 4. The van der Waals surface area contributed by atoms with E-state index in [4.69, 9.17) is 0 Å². The van der Waals surface area contributed by atoms with Crippen LogP contribution in [0.3, 0.4) is 0 Å². The van der Waals surface area contributed by atoms with Crippen LogP contribution in [0, 0.1) is 29.6 Å². The van der Waals surface area contributed by atoms with Gasteiger partial charge in [-0.25, -0.2) is 0 Å². The molecule has 4 N–H and O–H groups in total. The van der Waals surface area contributed by atoms with Crippen LogP contribution in [-0.2, 0) is 19.2 Å². The van der Waals surface area contributed by atoms with Crippen molar-refractivity contribution >= 4 is 23.8 Å². The van der Waals surface area contributed by atoms with E-state index in [1.165, 1.54) is 7.05 Å². The van der Waals surface area contributed by atoms with Crippen LogP contribution in [0.5, 0.6) is 0 Å². The Balaban J connectivity index is 2.15. The van der Waals surface area contributed by atoms with Crippen LogP contribution >= 0.6 is 0 Å². The van der Waals surface area contributed by atoms with Gasteiger partial charge < -0.3 is 20.8 Å². The number of carboxylic acids is 2. The van der Waals surface area contributed by atoms with Crippen LogP contribution in [0.15, 0.2) is 0 Å². The maximum atomic E-state index is 12.3. The second-order valence-electron chi connectivity index (χ2n) is 6.18. The van der Waals surface area contributed by atoms with Crippen molar-refractivity contribution in [1.29, 1.82) is 0 Å². The highest BCUT2D eigenvalue weighted by Gasteiger charge is 2.63. The molecule has 0 saturated heterocycles. The molecule has 2 saturated carbocycles. The number of carboxylic acid groups (broad SMARTS) is 2. The van der Waals surface area contributed by atoms with E-state index >= 15 is 0 Å². The zero-order valence-electron chi connectivity index (χ0n) is 12.4. The lowest BCUT2D eigenvalue weighted by molar-refractivity contribution is -0.181. The first-order chi connectivity index (χ1) is 10.3. The predicted octanol–water partition coefficient (Wildman–Crippen LogP) is -0.705. The molecule has 2 amide bonds. The van der Waals surface area contributed by atoms with E-state index in [-0.39, 0.29) is 6.04 Å². The third-order valence-corrected chi connectivity index (χ3v) is 4.69. The molecule has 2 aliphatic rings. The van der Waals surface area contributed by atoms with Crippen molar-refractivity contribution in [2.75, 3.05) is 7.05 Å². The summed E-state index contributed by atoms with van der Waals surface area (Å²) >= 11 is 0. The summed E-state index contributed by atoms with van der Waals surface area (Å²) < 4.78 is 0. The van der Waals surface area contributed by atoms with Crippen LogP contribution in [0.25, 0.3) is 0 Å². The number of amides is 2. The SMILES string of the molecule is CNC(=O)C1C(C(=O)O)C(C(=O)NC2CC(C)C2)C1C(=O)O. The minimum absolute atomic E-state index is 0.0366. The van der Waals surface area contributed by atoms with Gasteiger partial charge in [-0.1, -0.05) is 6.92 Å². The summed E-state index contributed by atoms with van der Waals surface area (Å²) in [6, 6.07) is -0.0366. The number of hydrogen-bond acceptors (Lipinski definition) is 4. The Morgan fingerprint density at radius 3 is 1.68 bits per heavy atom. The van der Waals surface area contributed by atoms with Crippen molar-refractivity contribution in [1.82, 2.24) is 10.6 Å². The summed E-state index contributed by atoms with van der Waals surface area (Å²) in [5.74, 6) is -8.46. The van der Waals surface area contributed by atoms with E-state index in [0.717, 1.165) is 12.8 Å². The van der Waals surface area contributed by atoms with E-state index in [2.05, 4.69) is 10.6 Å². The topological polar surface area (TPSA) is 133 Å². The van der Waals surface area contributed by atoms with Gasteiger partial charge in [-0.15, -0.1) is 0 Å². The van der Waals surface area contributed by atoms with Gasteiger partial charge in [0.15, 0.2) is 0 Å². The highest BCUT2D eigenvalue weighted by atomic mass is 16.4. The highest BCUT2D eigenvalue weighted by molar-refractivity contribution is 5.99. The average molecular weight is 312 g/mol. The molecule has 0 radical (unpaired) electrons. The molecule has 0 aromatic heterocycles. The van der Waals surface area contributed by atoms with E-state index in [0.29, 0.717) is 5.92 Å². The quantitative estimate of drug-likeness (QED) is 0.530. The van der Waals surface area contributed by atoms with Crippen molar-refractivity contribution in [2.24, 2.45) is 29.6 Å². The fourth-order valence-electron chi connectivity index (χ4n) is 3.50. The van der Waals surface area contributed by atoms with Crippen LogP contribution in [0.1, 0.15) is 19.8 Å². The molecule has 0 spiro atoms. The smallest absolute Gasteiger partial charge is 0.308 e. The molecule has 8 heteroatoms. The van der Waals surface area contributed by atoms with Gasteiger partial charge in [-0.05, 0) is 18.8 Å². The van der Waals surface area contributed by atoms with Gasteiger partial charge in [0.25, 0.3) is 0 Å². The lowest BCUT2D eigenvalue weighted by Crippen LogP contribution is -2.64. The monoisotopic (exact) mass is 312 g/mol. The van der Waals surface area contributed by atoms with Crippen molar-refractivity contribution in [3.63, 3.8) is 0 Å². The first kappa shape index (κ1) is 16.3. The second kappa shape index (κ2) is 5.94. The molecule has 8 nitrogen and oxygen atoms in total. The van der Waals surface area contributed by atoms with Crippen molar-refractivity contribution in [2.45, 2.75) is 25.8 Å². The fraction of sp³-hybridized carbons (Fsp3) is 0.714. The van der Waals surface area contributed by atoms with E-state index < -0.39 is 47.4 Å².